The zero-order chi connectivity index (χ0) is 16.2. The Balaban J connectivity index is 1.59. The average molecular weight is 385 g/mol. The van der Waals surface area contributed by atoms with Gasteiger partial charge in [-0.25, -0.2) is 0 Å². The molecular formula is C17H14Cl2O2S2. The van der Waals surface area contributed by atoms with Gasteiger partial charge in [-0.1, -0.05) is 41.4 Å². The number of hydrogen-bond donors (Lipinski definition) is 0. The predicted octanol–water partition coefficient (Wildman–Crippen LogP) is 5.62. The van der Waals surface area contributed by atoms with E-state index in [0.717, 1.165) is 5.56 Å². The highest BCUT2D eigenvalue weighted by molar-refractivity contribution is 8.19. The molecule has 6 heteroatoms. The maximum Gasteiger partial charge on any atom is 0.315 e. The van der Waals surface area contributed by atoms with Gasteiger partial charge in [-0.2, -0.15) is 0 Å². The minimum absolute atomic E-state index is 0.160. The van der Waals surface area contributed by atoms with Crippen molar-refractivity contribution in [3.8, 4) is 5.75 Å². The Hall–Kier alpha value is -0.810. The monoisotopic (exact) mass is 384 g/mol. The second-order valence-electron chi connectivity index (χ2n) is 5.04. The lowest BCUT2D eigenvalue weighted by molar-refractivity contribution is -0.133. The van der Waals surface area contributed by atoms with Gasteiger partial charge in [0.1, 0.15) is 5.75 Å². The summed E-state index contributed by atoms with van der Waals surface area (Å²) in [5.41, 5.74) is 2.04. The molecule has 1 aliphatic heterocycles. The summed E-state index contributed by atoms with van der Waals surface area (Å²) < 4.78 is 5.87. The van der Waals surface area contributed by atoms with Crippen LogP contribution in [-0.2, 0) is 11.2 Å². The number of rotatable bonds is 4. The van der Waals surface area contributed by atoms with Crippen molar-refractivity contribution in [1.82, 2.24) is 0 Å². The van der Waals surface area contributed by atoms with Gasteiger partial charge in [-0.15, -0.1) is 23.5 Å². The highest BCUT2D eigenvalue weighted by Crippen LogP contribution is 2.45. The second kappa shape index (κ2) is 7.84. The third kappa shape index (κ3) is 4.60. The molecule has 0 unspecified atom stereocenters. The molecule has 2 aromatic rings. The molecule has 1 saturated heterocycles. The largest absolute Gasteiger partial charge is 0.426 e. The van der Waals surface area contributed by atoms with E-state index < -0.39 is 0 Å². The zero-order valence-electron chi connectivity index (χ0n) is 12.1. The fourth-order valence-corrected chi connectivity index (χ4v) is 5.41. The summed E-state index contributed by atoms with van der Waals surface area (Å²) in [6.07, 6.45) is 0.160. The molecule has 120 valence electrons. The average Bonchev–Trinajstić information content (AvgIpc) is 3.06. The minimum Gasteiger partial charge on any atom is -0.426 e. The molecule has 1 fully saturated rings. The molecule has 2 nitrogen and oxygen atoms in total. The quantitative estimate of drug-likeness (QED) is 0.504. The minimum atomic E-state index is -0.319. The first-order valence-electron chi connectivity index (χ1n) is 7.09. The van der Waals surface area contributed by atoms with Crippen LogP contribution in [0.3, 0.4) is 0 Å². The molecule has 3 rings (SSSR count). The van der Waals surface area contributed by atoms with Crippen LogP contribution in [0.4, 0.5) is 0 Å². The summed E-state index contributed by atoms with van der Waals surface area (Å²) >= 11 is 15.7. The topological polar surface area (TPSA) is 26.3 Å². The first-order chi connectivity index (χ1) is 11.1. The van der Waals surface area contributed by atoms with Gasteiger partial charge in [-0.3, -0.25) is 4.79 Å². The fraction of sp³-hybridized carbons (Fsp3) is 0.235. The van der Waals surface area contributed by atoms with Gasteiger partial charge >= 0.3 is 5.97 Å². The molecule has 1 heterocycles. The Morgan fingerprint density at radius 3 is 2.39 bits per heavy atom. The van der Waals surface area contributed by atoms with Crippen LogP contribution in [-0.4, -0.2) is 17.5 Å². The summed E-state index contributed by atoms with van der Waals surface area (Å²) in [6, 6.07) is 12.9. The molecule has 0 aliphatic carbocycles. The first kappa shape index (κ1) is 17.0. The summed E-state index contributed by atoms with van der Waals surface area (Å²) in [6.45, 7) is 0. The Morgan fingerprint density at radius 1 is 1.04 bits per heavy atom. The summed E-state index contributed by atoms with van der Waals surface area (Å²) in [5, 5.41) is 0.912. The number of ether oxygens (including phenoxy) is 1. The SMILES string of the molecule is O=C(Cc1ccc(Cl)c(Cl)c1)Oc1ccc(C2SCCS2)cc1. The lowest BCUT2D eigenvalue weighted by atomic mass is 10.1. The van der Waals surface area contributed by atoms with Crippen molar-refractivity contribution in [1.29, 1.82) is 0 Å². The Morgan fingerprint density at radius 2 is 1.74 bits per heavy atom. The van der Waals surface area contributed by atoms with Crippen LogP contribution in [0.5, 0.6) is 5.75 Å². The van der Waals surface area contributed by atoms with Crippen LogP contribution in [0, 0.1) is 0 Å². The van der Waals surface area contributed by atoms with Gasteiger partial charge in [0.25, 0.3) is 0 Å². The second-order valence-corrected chi connectivity index (χ2v) is 8.58. The van der Waals surface area contributed by atoms with Crippen LogP contribution >= 0.6 is 46.7 Å². The van der Waals surface area contributed by atoms with Crippen molar-refractivity contribution in [2.24, 2.45) is 0 Å². The Labute approximate surface area is 153 Å². The molecule has 0 N–H and O–H groups in total. The maximum atomic E-state index is 12.0. The normalized spacial score (nSPS) is 14.9. The Bertz CT molecular complexity index is 698. The van der Waals surface area contributed by atoms with Gasteiger partial charge in [0.2, 0.25) is 0 Å². The van der Waals surface area contributed by atoms with E-state index in [2.05, 4.69) is 0 Å². The molecule has 0 radical (unpaired) electrons. The fourth-order valence-electron chi connectivity index (χ4n) is 2.23. The third-order valence-corrected chi connectivity index (χ3v) is 7.18. The van der Waals surface area contributed by atoms with Gasteiger partial charge in [-0.05, 0) is 35.4 Å². The van der Waals surface area contributed by atoms with E-state index in [1.165, 1.54) is 17.1 Å². The van der Waals surface area contributed by atoms with Crippen molar-refractivity contribution in [3.63, 3.8) is 0 Å². The number of carbonyl (C=O) groups excluding carboxylic acids is 1. The van der Waals surface area contributed by atoms with Gasteiger partial charge in [0.05, 0.1) is 21.0 Å². The molecule has 1 aliphatic rings. The van der Waals surface area contributed by atoms with E-state index in [4.69, 9.17) is 27.9 Å². The van der Waals surface area contributed by atoms with E-state index in [9.17, 15) is 4.79 Å². The lowest BCUT2D eigenvalue weighted by Crippen LogP contribution is -2.11. The lowest BCUT2D eigenvalue weighted by Gasteiger charge is -2.09. The first-order valence-corrected chi connectivity index (χ1v) is 9.95. The molecule has 0 spiro atoms. The van der Waals surface area contributed by atoms with Crippen LogP contribution in [0.1, 0.15) is 15.7 Å². The number of benzene rings is 2. The van der Waals surface area contributed by atoms with E-state index in [0.29, 0.717) is 20.4 Å². The number of hydrogen-bond acceptors (Lipinski definition) is 4. The Kier molecular flexibility index (Phi) is 5.81. The van der Waals surface area contributed by atoms with Crippen LogP contribution in [0.25, 0.3) is 0 Å². The van der Waals surface area contributed by atoms with Crippen LogP contribution in [0.2, 0.25) is 10.0 Å². The van der Waals surface area contributed by atoms with E-state index in [1.54, 1.807) is 18.2 Å². The molecule has 0 aromatic heterocycles. The number of esters is 1. The molecule has 0 bridgehead atoms. The third-order valence-electron chi connectivity index (χ3n) is 3.34. The van der Waals surface area contributed by atoms with Gasteiger partial charge in [0, 0.05) is 11.5 Å². The molecule has 0 saturated carbocycles. The summed E-state index contributed by atoms with van der Waals surface area (Å²) in [5.74, 6) is 2.62. The number of carbonyl (C=O) groups is 1. The molecule has 0 atom stereocenters. The maximum absolute atomic E-state index is 12.0. The van der Waals surface area contributed by atoms with Crippen LogP contribution in [0.15, 0.2) is 42.5 Å². The highest BCUT2D eigenvalue weighted by atomic mass is 35.5. The molecule has 23 heavy (non-hydrogen) atoms. The van der Waals surface area contributed by atoms with Crippen molar-refractivity contribution < 1.29 is 9.53 Å². The van der Waals surface area contributed by atoms with E-state index in [1.807, 2.05) is 47.8 Å². The van der Waals surface area contributed by atoms with Gasteiger partial charge in [0.15, 0.2) is 0 Å². The summed E-state index contributed by atoms with van der Waals surface area (Å²) in [7, 11) is 0. The number of halogens is 2. The summed E-state index contributed by atoms with van der Waals surface area (Å²) in [4.78, 5) is 12.0. The molecular weight excluding hydrogens is 371 g/mol. The van der Waals surface area contributed by atoms with Crippen molar-refractivity contribution in [2.45, 2.75) is 11.0 Å². The predicted molar refractivity (Wildman–Crippen MR) is 99.9 cm³/mol. The standard InChI is InChI=1S/C17H14Cl2O2S2/c18-14-6-1-11(9-15(14)19)10-16(20)21-13-4-2-12(3-5-13)17-22-7-8-23-17/h1-6,9,17H,7-8,10H2. The number of thioether (sulfide) groups is 2. The smallest absolute Gasteiger partial charge is 0.315 e. The van der Waals surface area contributed by atoms with Crippen molar-refractivity contribution in [3.05, 3.63) is 63.6 Å². The molecule has 0 amide bonds. The van der Waals surface area contributed by atoms with Crippen molar-refractivity contribution in [2.75, 3.05) is 11.5 Å². The van der Waals surface area contributed by atoms with E-state index in [-0.39, 0.29) is 12.4 Å². The highest BCUT2D eigenvalue weighted by Gasteiger charge is 2.18. The van der Waals surface area contributed by atoms with Crippen LogP contribution < -0.4 is 4.74 Å². The molecule has 2 aromatic carbocycles. The van der Waals surface area contributed by atoms with Gasteiger partial charge < -0.3 is 4.74 Å². The zero-order valence-corrected chi connectivity index (χ0v) is 15.3. The van der Waals surface area contributed by atoms with Crippen molar-refractivity contribution >= 4 is 52.7 Å². The van der Waals surface area contributed by atoms with E-state index >= 15 is 0 Å².